The lowest BCUT2D eigenvalue weighted by molar-refractivity contribution is -0.137. The van der Waals surface area contributed by atoms with Crippen molar-refractivity contribution in [3.63, 3.8) is 0 Å². The van der Waals surface area contributed by atoms with Crippen molar-refractivity contribution in [3.8, 4) is 5.75 Å². The lowest BCUT2D eigenvalue weighted by Crippen LogP contribution is -2.05. The molecule has 0 aliphatic carbocycles. The summed E-state index contributed by atoms with van der Waals surface area (Å²) in [7, 11) is 0. The summed E-state index contributed by atoms with van der Waals surface area (Å²) in [5, 5.41) is 4.62. The lowest BCUT2D eigenvalue weighted by atomic mass is 10.2. The van der Waals surface area contributed by atoms with E-state index >= 15 is 0 Å². The van der Waals surface area contributed by atoms with Crippen molar-refractivity contribution < 1.29 is 17.9 Å². The molecule has 0 bridgehead atoms. The summed E-state index contributed by atoms with van der Waals surface area (Å²) >= 11 is 6.11. The fourth-order valence-corrected chi connectivity index (χ4v) is 2.60. The molecule has 0 aromatic heterocycles. The highest BCUT2D eigenvalue weighted by Crippen LogP contribution is 2.30. The van der Waals surface area contributed by atoms with Crippen LogP contribution in [0, 0.1) is 0 Å². The number of benzene rings is 3. The van der Waals surface area contributed by atoms with Crippen molar-refractivity contribution in [2.24, 2.45) is 5.10 Å². The Balaban J connectivity index is 1.62. The van der Waals surface area contributed by atoms with Gasteiger partial charge in [0, 0.05) is 10.6 Å². The van der Waals surface area contributed by atoms with Crippen LogP contribution in [0.1, 0.15) is 16.7 Å². The van der Waals surface area contributed by atoms with Gasteiger partial charge in [-0.2, -0.15) is 18.3 Å². The van der Waals surface area contributed by atoms with Crippen LogP contribution in [0.3, 0.4) is 0 Å². The number of anilines is 1. The van der Waals surface area contributed by atoms with E-state index in [0.29, 0.717) is 17.4 Å². The third-order valence-corrected chi connectivity index (χ3v) is 4.18. The second-order valence-corrected chi connectivity index (χ2v) is 6.31. The predicted molar refractivity (Wildman–Crippen MR) is 105 cm³/mol. The molecule has 3 rings (SSSR count). The first kappa shape index (κ1) is 19.8. The summed E-state index contributed by atoms with van der Waals surface area (Å²) in [4.78, 5) is 0. The van der Waals surface area contributed by atoms with Crippen molar-refractivity contribution in [2.45, 2.75) is 12.8 Å². The maximum absolute atomic E-state index is 12.7. The molecule has 7 heteroatoms. The van der Waals surface area contributed by atoms with Crippen LogP contribution in [0.25, 0.3) is 0 Å². The molecular formula is C21H16ClF3N2O. The Morgan fingerprint density at radius 1 is 0.964 bits per heavy atom. The predicted octanol–water partition coefficient (Wildman–Crippen LogP) is 6.38. The zero-order valence-corrected chi connectivity index (χ0v) is 15.3. The van der Waals surface area contributed by atoms with Crippen molar-refractivity contribution in [2.75, 3.05) is 5.43 Å². The van der Waals surface area contributed by atoms with E-state index in [2.05, 4.69) is 10.5 Å². The van der Waals surface area contributed by atoms with Crippen molar-refractivity contribution in [1.82, 2.24) is 0 Å². The van der Waals surface area contributed by atoms with Gasteiger partial charge in [-0.3, -0.25) is 5.43 Å². The van der Waals surface area contributed by atoms with Gasteiger partial charge in [-0.25, -0.2) is 0 Å². The molecule has 0 spiro atoms. The minimum atomic E-state index is -4.39. The minimum absolute atomic E-state index is 0.247. The monoisotopic (exact) mass is 404 g/mol. The maximum Gasteiger partial charge on any atom is 0.416 e. The first-order chi connectivity index (χ1) is 13.4. The Morgan fingerprint density at radius 3 is 2.54 bits per heavy atom. The van der Waals surface area contributed by atoms with E-state index in [4.69, 9.17) is 16.3 Å². The van der Waals surface area contributed by atoms with Crippen LogP contribution in [-0.4, -0.2) is 6.21 Å². The van der Waals surface area contributed by atoms with Crippen molar-refractivity contribution in [1.29, 1.82) is 0 Å². The van der Waals surface area contributed by atoms with Crippen LogP contribution >= 0.6 is 11.6 Å². The Kier molecular flexibility index (Phi) is 6.21. The van der Waals surface area contributed by atoms with E-state index in [1.54, 1.807) is 30.3 Å². The van der Waals surface area contributed by atoms with Crippen LogP contribution < -0.4 is 10.2 Å². The smallest absolute Gasteiger partial charge is 0.416 e. The summed E-state index contributed by atoms with van der Waals surface area (Å²) in [5.41, 5.74) is 3.72. The van der Waals surface area contributed by atoms with Gasteiger partial charge in [0.15, 0.2) is 0 Å². The summed E-state index contributed by atoms with van der Waals surface area (Å²) < 4.78 is 43.9. The number of rotatable bonds is 6. The lowest BCUT2D eigenvalue weighted by Gasteiger charge is -2.09. The maximum atomic E-state index is 12.7. The molecule has 3 aromatic carbocycles. The fraction of sp³-hybridized carbons (Fsp3) is 0.0952. The van der Waals surface area contributed by atoms with E-state index in [9.17, 15) is 13.2 Å². The Bertz CT molecular complexity index is 974. The molecule has 0 fully saturated rings. The zero-order valence-electron chi connectivity index (χ0n) is 14.6. The molecule has 0 aliphatic heterocycles. The first-order valence-electron chi connectivity index (χ1n) is 8.34. The number of ether oxygens (including phenoxy) is 1. The summed E-state index contributed by atoms with van der Waals surface area (Å²) in [5.74, 6) is 0.628. The van der Waals surface area contributed by atoms with Crippen LogP contribution in [0.5, 0.6) is 5.75 Å². The summed E-state index contributed by atoms with van der Waals surface area (Å²) in [6.07, 6.45) is -2.89. The molecule has 0 unspecified atom stereocenters. The zero-order chi connectivity index (χ0) is 20.0. The average molecular weight is 405 g/mol. The van der Waals surface area contributed by atoms with Gasteiger partial charge in [-0.05, 0) is 42.0 Å². The third kappa shape index (κ3) is 5.50. The number of hydrogen-bond acceptors (Lipinski definition) is 3. The molecule has 0 heterocycles. The second-order valence-electron chi connectivity index (χ2n) is 5.90. The molecular weight excluding hydrogens is 389 g/mol. The SMILES string of the molecule is FC(F)(F)c1cccc(NN=Cc2cccc(OCc3ccccc3Cl)c2)c1. The molecule has 0 atom stereocenters. The number of halogens is 4. The van der Waals surface area contributed by atoms with Gasteiger partial charge in [0.1, 0.15) is 12.4 Å². The third-order valence-electron chi connectivity index (χ3n) is 3.81. The van der Waals surface area contributed by atoms with E-state index in [-0.39, 0.29) is 5.69 Å². The van der Waals surface area contributed by atoms with Gasteiger partial charge in [0.2, 0.25) is 0 Å². The Hall–Kier alpha value is -2.99. The molecule has 3 nitrogen and oxygen atoms in total. The van der Waals surface area contributed by atoms with Crippen LogP contribution in [0.15, 0.2) is 77.9 Å². The highest BCUT2D eigenvalue weighted by atomic mass is 35.5. The molecule has 0 radical (unpaired) electrons. The quantitative estimate of drug-likeness (QED) is 0.382. The van der Waals surface area contributed by atoms with E-state index in [1.807, 2.05) is 18.2 Å². The topological polar surface area (TPSA) is 33.6 Å². The highest BCUT2D eigenvalue weighted by molar-refractivity contribution is 6.31. The molecule has 28 heavy (non-hydrogen) atoms. The molecule has 1 N–H and O–H groups in total. The molecule has 0 saturated carbocycles. The largest absolute Gasteiger partial charge is 0.489 e. The molecule has 144 valence electrons. The highest BCUT2D eigenvalue weighted by Gasteiger charge is 2.30. The van der Waals surface area contributed by atoms with Gasteiger partial charge in [0.05, 0.1) is 17.5 Å². The summed E-state index contributed by atoms with van der Waals surface area (Å²) in [6, 6.07) is 19.4. The molecule has 0 amide bonds. The number of alkyl halides is 3. The van der Waals surface area contributed by atoms with E-state index in [1.165, 1.54) is 18.3 Å². The Morgan fingerprint density at radius 2 is 1.75 bits per heavy atom. The second kappa shape index (κ2) is 8.80. The number of nitrogens with zero attached hydrogens (tertiary/aromatic N) is 1. The number of nitrogens with one attached hydrogen (secondary N) is 1. The normalized spacial score (nSPS) is 11.6. The first-order valence-corrected chi connectivity index (χ1v) is 8.72. The molecule has 0 saturated heterocycles. The number of hydrogen-bond donors (Lipinski definition) is 1. The van der Waals surface area contributed by atoms with Gasteiger partial charge >= 0.3 is 6.18 Å². The van der Waals surface area contributed by atoms with Crippen molar-refractivity contribution >= 4 is 23.5 Å². The van der Waals surface area contributed by atoms with Gasteiger partial charge in [-0.15, -0.1) is 0 Å². The Labute approximate surface area is 165 Å². The van der Waals surface area contributed by atoms with Crippen LogP contribution in [0.4, 0.5) is 18.9 Å². The van der Waals surface area contributed by atoms with Crippen LogP contribution in [0.2, 0.25) is 5.02 Å². The fourth-order valence-electron chi connectivity index (χ4n) is 2.41. The number of hydrazone groups is 1. The van der Waals surface area contributed by atoms with E-state index in [0.717, 1.165) is 23.3 Å². The molecule has 0 aliphatic rings. The molecule has 3 aromatic rings. The van der Waals surface area contributed by atoms with E-state index < -0.39 is 11.7 Å². The van der Waals surface area contributed by atoms with Crippen molar-refractivity contribution in [3.05, 3.63) is 94.5 Å². The standard InChI is InChI=1S/C21H16ClF3N2O/c22-20-10-2-1-6-16(20)14-28-19-9-3-5-15(11-19)13-26-27-18-8-4-7-17(12-18)21(23,24)25/h1-13,27H,14H2. The van der Waals surface area contributed by atoms with Crippen LogP contribution in [-0.2, 0) is 12.8 Å². The van der Waals surface area contributed by atoms with Gasteiger partial charge in [0.25, 0.3) is 0 Å². The van der Waals surface area contributed by atoms with Gasteiger partial charge in [-0.1, -0.05) is 48.0 Å². The average Bonchev–Trinajstić information content (AvgIpc) is 2.67. The minimum Gasteiger partial charge on any atom is -0.489 e. The summed E-state index contributed by atoms with van der Waals surface area (Å²) in [6.45, 7) is 0.322. The van der Waals surface area contributed by atoms with Gasteiger partial charge < -0.3 is 4.74 Å².